The van der Waals surface area contributed by atoms with E-state index in [4.69, 9.17) is 5.11 Å². The van der Waals surface area contributed by atoms with Crippen molar-refractivity contribution in [3.05, 3.63) is 0 Å². The number of hydrogen-bond donors (Lipinski definition) is 2. The zero-order valence-corrected chi connectivity index (χ0v) is 6.28. The zero-order valence-electron chi connectivity index (χ0n) is 6.28. The standard InChI is InChI=1S/C6H12F3NO/c1-2-5(11)3-10-4-6(7,8)9/h5,10-11H,2-4H2,1H3. The Morgan fingerprint density at radius 1 is 1.45 bits per heavy atom. The van der Waals surface area contributed by atoms with Crippen LogP contribution in [0.4, 0.5) is 13.2 Å². The van der Waals surface area contributed by atoms with Gasteiger partial charge in [0.2, 0.25) is 0 Å². The van der Waals surface area contributed by atoms with Gasteiger partial charge in [0.25, 0.3) is 0 Å². The summed E-state index contributed by atoms with van der Waals surface area (Å²) in [6.45, 7) is 0.667. The highest BCUT2D eigenvalue weighted by Crippen LogP contribution is 2.11. The molecule has 0 aliphatic rings. The second-order valence-corrected chi connectivity index (χ2v) is 2.31. The quantitative estimate of drug-likeness (QED) is 0.659. The highest BCUT2D eigenvalue weighted by Gasteiger charge is 2.26. The summed E-state index contributed by atoms with van der Waals surface area (Å²) in [5, 5.41) is 10.9. The smallest absolute Gasteiger partial charge is 0.392 e. The molecule has 11 heavy (non-hydrogen) atoms. The van der Waals surface area contributed by atoms with Crippen LogP contribution in [0, 0.1) is 0 Å². The summed E-state index contributed by atoms with van der Waals surface area (Å²) in [4.78, 5) is 0. The summed E-state index contributed by atoms with van der Waals surface area (Å²) in [5.74, 6) is 0. The number of hydrogen-bond acceptors (Lipinski definition) is 2. The summed E-state index contributed by atoms with van der Waals surface area (Å²) in [5.41, 5.74) is 0. The lowest BCUT2D eigenvalue weighted by Crippen LogP contribution is -2.34. The maximum absolute atomic E-state index is 11.5. The minimum absolute atomic E-state index is 0.00396. The summed E-state index contributed by atoms with van der Waals surface area (Å²) in [7, 11) is 0. The molecule has 0 aromatic carbocycles. The van der Waals surface area contributed by atoms with Crippen LogP contribution in [0.3, 0.4) is 0 Å². The van der Waals surface area contributed by atoms with Crippen LogP contribution in [0.2, 0.25) is 0 Å². The molecule has 0 heterocycles. The summed E-state index contributed by atoms with van der Waals surface area (Å²) in [6.07, 6.45) is -4.41. The SMILES string of the molecule is CCC(O)CNCC(F)(F)F. The zero-order chi connectivity index (χ0) is 8.91. The third kappa shape index (κ3) is 7.61. The highest BCUT2D eigenvalue weighted by atomic mass is 19.4. The van der Waals surface area contributed by atoms with Crippen molar-refractivity contribution in [1.29, 1.82) is 0 Å². The van der Waals surface area contributed by atoms with Crippen LogP contribution in [0.5, 0.6) is 0 Å². The maximum Gasteiger partial charge on any atom is 0.401 e. The largest absolute Gasteiger partial charge is 0.401 e. The lowest BCUT2D eigenvalue weighted by atomic mass is 10.3. The van der Waals surface area contributed by atoms with Crippen LogP contribution in [0.15, 0.2) is 0 Å². The van der Waals surface area contributed by atoms with Crippen molar-refractivity contribution in [2.45, 2.75) is 25.6 Å². The van der Waals surface area contributed by atoms with Gasteiger partial charge in [-0.25, -0.2) is 0 Å². The fraction of sp³-hybridized carbons (Fsp3) is 1.00. The van der Waals surface area contributed by atoms with E-state index in [0.717, 1.165) is 0 Å². The summed E-state index contributed by atoms with van der Waals surface area (Å²) < 4.78 is 34.4. The number of rotatable bonds is 4. The van der Waals surface area contributed by atoms with Crippen molar-refractivity contribution in [3.63, 3.8) is 0 Å². The molecule has 0 rings (SSSR count). The van der Waals surface area contributed by atoms with Crippen LogP contribution >= 0.6 is 0 Å². The topological polar surface area (TPSA) is 32.3 Å². The number of aliphatic hydroxyl groups excluding tert-OH is 1. The average Bonchev–Trinajstić information content (AvgIpc) is 1.85. The number of halogens is 3. The van der Waals surface area contributed by atoms with E-state index in [1.54, 1.807) is 6.92 Å². The number of nitrogens with one attached hydrogen (secondary N) is 1. The van der Waals surface area contributed by atoms with Crippen molar-refractivity contribution in [2.24, 2.45) is 0 Å². The monoisotopic (exact) mass is 171 g/mol. The van der Waals surface area contributed by atoms with Gasteiger partial charge in [-0.3, -0.25) is 0 Å². The Labute approximate surface area is 63.4 Å². The normalized spacial score (nSPS) is 15.0. The first kappa shape index (κ1) is 10.7. The predicted molar refractivity (Wildman–Crippen MR) is 35.2 cm³/mol. The van der Waals surface area contributed by atoms with Gasteiger partial charge in [-0.2, -0.15) is 13.2 Å². The Morgan fingerprint density at radius 3 is 2.36 bits per heavy atom. The predicted octanol–water partition coefficient (Wildman–Crippen LogP) is 0.909. The van der Waals surface area contributed by atoms with Gasteiger partial charge in [0.1, 0.15) is 0 Å². The van der Waals surface area contributed by atoms with E-state index in [0.29, 0.717) is 6.42 Å². The van der Waals surface area contributed by atoms with Crippen molar-refractivity contribution >= 4 is 0 Å². The van der Waals surface area contributed by atoms with Crippen molar-refractivity contribution in [1.82, 2.24) is 5.32 Å². The minimum atomic E-state index is -4.19. The van der Waals surface area contributed by atoms with E-state index in [9.17, 15) is 13.2 Å². The van der Waals surface area contributed by atoms with E-state index in [1.165, 1.54) is 0 Å². The Kier molecular flexibility index (Phi) is 4.44. The fourth-order valence-electron chi connectivity index (χ4n) is 0.525. The van der Waals surface area contributed by atoms with E-state index < -0.39 is 18.8 Å². The molecule has 0 fully saturated rings. The molecule has 2 nitrogen and oxygen atoms in total. The molecule has 1 atom stereocenters. The number of alkyl halides is 3. The Hall–Kier alpha value is -0.290. The molecular weight excluding hydrogens is 159 g/mol. The average molecular weight is 171 g/mol. The second-order valence-electron chi connectivity index (χ2n) is 2.31. The molecule has 1 unspecified atom stereocenters. The molecular formula is C6H12F3NO. The Balaban J connectivity index is 3.28. The van der Waals surface area contributed by atoms with Crippen molar-refractivity contribution < 1.29 is 18.3 Å². The molecule has 0 aliphatic carbocycles. The summed E-state index contributed by atoms with van der Waals surface area (Å²) >= 11 is 0. The van der Waals surface area contributed by atoms with E-state index in [-0.39, 0.29) is 6.54 Å². The molecule has 5 heteroatoms. The van der Waals surface area contributed by atoms with Gasteiger partial charge < -0.3 is 10.4 Å². The third-order valence-corrected chi connectivity index (χ3v) is 1.18. The van der Waals surface area contributed by atoms with Gasteiger partial charge in [-0.1, -0.05) is 6.92 Å². The minimum Gasteiger partial charge on any atom is -0.392 e. The maximum atomic E-state index is 11.5. The molecule has 0 aliphatic heterocycles. The van der Waals surface area contributed by atoms with Crippen molar-refractivity contribution in [2.75, 3.05) is 13.1 Å². The fourth-order valence-corrected chi connectivity index (χ4v) is 0.525. The van der Waals surface area contributed by atoms with Gasteiger partial charge in [0.05, 0.1) is 12.6 Å². The second kappa shape index (κ2) is 4.56. The molecule has 0 amide bonds. The Bertz CT molecular complexity index is 104. The van der Waals surface area contributed by atoms with Crippen LogP contribution in [-0.2, 0) is 0 Å². The first-order valence-corrected chi connectivity index (χ1v) is 3.41. The van der Waals surface area contributed by atoms with E-state index in [1.807, 2.05) is 0 Å². The molecule has 0 bridgehead atoms. The van der Waals surface area contributed by atoms with Crippen LogP contribution in [0.25, 0.3) is 0 Å². The third-order valence-electron chi connectivity index (χ3n) is 1.18. The highest BCUT2D eigenvalue weighted by molar-refractivity contribution is 4.60. The van der Waals surface area contributed by atoms with Gasteiger partial charge in [-0.05, 0) is 6.42 Å². The first-order chi connectivity index (χ1) is 4.95. The van der Waals surface area contributed by atoms with Gasteiger partial charge in [0, 0.05) is 6.54 Å². The van der Waals surface area contributed by atoms with E-state index >= 15 is 0 Å². The molecule has 0 saturated heterocycles. The van der Waals surface area contributed by atoms with E-state index in [2.05, 4.69) is 5.32 Å². The van der Waals surface area contributed by atoms with Gasteiger partial charge in [-0.15, -0.1) is 0 Å². The lowest BCUT2D eigenvalue weighted by Gasteiger charge is -2.10. The molecule has 0 aromatic heterocycles. The lowest BCUT2D eigenvalue weighted by molar-refractivity contribution is -0.125. The molecule has 0 saturated carbocycles. The van der Waals surface area contributed by atoms with Crippen LogP contribution in [-0.4, -0.2) is 30.5 Å². The molecule has 0 spiro atoms. The van der Waals surface area contributed by atoms with Crippen LogP contribution < -0.4 is 5.32 Å². The number of aliphatic hydroxyl groups is 1. The van der Waals surface area contributed by atoms with Gasteiger partial charge in [0.15, 0.2) is 0 Å². The molecule has 0 aromatic rings. The van der Waals surface area contributed by atoms with Crippen molar-refractivity contribution in [3.8, 4) is 0 Å². The van der Waals surface area contributed by atoms with Crippen LogP contribution in [0.1, 0.15) is 13.3 Å². The van der Waals surface area contributed by atoms with Gasteiger partial charge >= 0.3 is 6.18 Å². The molecule has 68 valence electrons. The molecule has 0 radical (unpaired) electrons. The first-order valence-electron chi connectivity index (χ1n) is 3.41. The Morgan fingerprint density at radius 2 is 2.00 bits per heavy atom. The summed E-state index contributed by atoms with van der Waals surface area (Å²) in [6, 6.07) is 0. The molecule has 2 N–H and O–H groups in total.